The summed E-state index contributed by atoms with van der Waals surface area (Å²) >= 11 is 0. The SMILES string of the molecule is Cc1ccc(N(Cc2ccc(C(=O)NO)cc2)C(=O)N2CCN(c3ccncc3)CC2)cc1. The molecule has 2 aromatic carbocycles. The highest BCUT2D eigenvalue weighted by molar-refractivity contribution is 5.94. The summed E-state index contributed by atoms with van der Waals surface area (Å²) in [5.74, 6) is -0.569. The molecule has 0 bridgehead atoms. The zero-order valence-electron chi connectivity index (χ0n) is 18.5. The smallest absolute Gasteiger partial charge is 0.324 e. The Morgan fingerprint density at radius 2 is 1.58 bits per heavy atom. The molecule has 2 heterocycles. The van der Waals surface area contributed by atoms with Crippen LogP contribution in [-0.2, 0) is 6.54 Å². The normalized spacial score (nSPS) is 13.5. The van der Waals surface area contributed by atoms with Crippen molar-refractivity contribution in [2.24, 2.45) is 0 Å². The summed E-state index contributed by atoms with van der Waals surface area (Å²) in [6.07, 6.45) is 3.56. The molecule has 0 aliphatic carbocycles. The molecule has 0 unspecified atom stereocenters. The number of anilines is 2. The molecule has 0 radical (unpaired) electrons. The Morgan fingerprint density at radius 1 is 0.939 bits per heavy atom. The van der Waals surface area contributed by atoms with Gasteiger partial charge in [-0.3, -0.25) is 19.9 Å². The van der Waals surface area contributed by atoms with Crippen molar-refractivity contribution in [3.63, 3.8) is 0 Å². The van der Waals surface area contributed by atoms with E-state index in [2.05, 4.69) is 9.88 Å². The number of hydroxylamine groups is 1. The van der Waals surface area contributed by atoms with E-state index in [1.807, 2.05) is 48.2 Å². The van der Waals surface area contributed by atoms with E-state index in [1.54, 1.807) is 47.0 Å². The van der Waals surface area contributed by atoms with Crippen LogP contribution in [0.3, 0.4) is 0 Å². The maximum Gasteiger partial charge on any atom is 0.324 e. The number of urea groups is 1. The van der Waals surface area contributed by atoms with E-state index in [0.717, 1.165) is 35.6 Å². The van der Waals surface area contributed by atoms with Crippen molar-refractivity contribution < 1.29 is 14.8 Å². The molecular weight excluding hydrogens is 418 g/mol. The lowest BCUT2D eigenvalue weighted by Crippen LogP contribution is -2.53. The van der Waals surface area contributed by atoms with Crippen LogP contribution in [-0.4, -0.2) is 53.2 Å². The summed E-state index contributed by atoms with van der Waals surface area (Å²) in [5, 5.41) is 8.82. The lowest BCUT2D eigenvalue weighted by Gasteiger charge is -2.38. The number of nitrogens with one attached hydrogen (secondary N) is 1. The maximum atomic E-state index is 13.6. The molecule has 1 aliphatic rings. The van der Waals surface area contributed by atoms with Crippen molar-refractivity contribution in [3.8, 4) is 0 Å². The van der Waals surface area contributed by atoms with Crippen LogP contribution >= 0.6 is 0 Å². The molecular formula is C25H27N5O3. The van der Waals surface area contributed by atoms with Crippen LogP contribution in [0.5, 0.6) is 0 Å². The molecule has 0 saturated carbocycles. The molecule has 3 amide bonds. The quantitative estimate of drug-likeness (QED) is 0.464. The number of rotatable bonds is 5. The average Bonchev–Trinajstić information content (AvgIpc) is 2.88. The van der Waals surface area contributed by atoms with Crippen LogP contribution in [0.2, 0.25) is 0 Å². The highest BCUT2D eigenvalue weighted by atomic mass is 16.5. The van der Waals surface area contributed by atoms with Crippen molar-refractivity contribution in [1.82, 2.24) is 15.4 Å². The number of carbonyl (C=O) groups excluding carboxylic acids is 2. The first-order valence-electron chi connectivity index (χ1n) is 10.9. The summed E-state index contributed by atoms with van der Waals surface area (Å²) < 4.78 is 0. The van der Waals surface area contributed by atoms with Gasteiger partial charge < -0.3 is 9.80 Å². The number of piperazine rings is 1. The van der Waals surface area contributed by atoms with Gasteiger partial charge in [0.2, 0.25) is 0 Å². The molecule has 1 aliphatic heterocycles. The topological polar surface area (TPSA) is 89.0 Å². The van der Waals surface area contributed by atoms with Crippen LogP contribution in [0.25, 0.3) is 0 Å². The fraction of sp³-hybridized carbons (Fsp3) is 0.240. The van der Waals surface area contributed by atoms with Gasteiger partial charge in [-0.2, -0.15) is 0 Å². The Morgan fingerprint density at radius 3 is 2.18 bits per heavy atom. The minimum atomic E-state index is -0.569. The number of aromatic nitrogens is 1. The highest BCUT2D eigenvalue weighted by Crippen LogP contribution is 2.22. The van der Waals surface area contributed by atoms with Gasteiger partial charge in [-0.1, -0.05) is 29.8 Å². The lowest BCUT2D eigenvalue weighted by atomic mass is 10.1. The molecule has 4 rings (SSSR count). The molecule has 3 aromatic rings. The number of hydrogen-bond donors (Lipinski definition) is 2. The summed E-state index contributed by atoms with van der Waals surface area (Å²) in [6.45, 7) is 5.13. The van der Waals surface area contributed by atoms with Gasteiger partial charge in [0.15, 0.2) is 0 Å². The fourth-order valence-electron chi connectivity index (χ4n) is 3.88. The van der Waals surface area contributed by atoms with Gasteiger partial charge in [0.05, 0.1) is 6.54 Å². The number of benzene rings is 2. The van der Waals surface area contributed by atoms with E-state index in [1.165, 1.54) is 0 Å². The van der Waals surface area contributed by atoms with Crippen molar-refractivity contribution in [2.45, 2.75) is 13.5 Å². The predicted octanol–water partition coefficient (Wildman–Crippen LogP) is 3.46. The Balaban J connectivity index is 1.50. The number of hydrogen-bond acceptors (Lipinski definition) is 5. The molecule has 2 N–H and O–H groups in total. The number of pyridine rings is 1. The third-order valence-electron chi connectivity index (χ3n) is 5.81. The van der Waals surface area contributed by atoms with E-state index in [-0.39, 0.29) is 6.03 Å². The first-order valence-corrected chi connectivity index (χ1v) is 10.9. The minimum absolute atomic E-state index is 0.0505. The third kappa shape index (κ3) is 5.30. The maximum absolute atomic E-state index is 13.6. The van der Waals surface area contributed by atoms with E-state index in [0.29, 0.717) is 25.2 Å². The molecule has 8 heteroatoms. The van der Waals surface area contributed by atoms with Crippen molar-refractivity contribution in [3.05, 3.63) is 89.7 Å². The Hall–Kier alpha value is -3.91. The van der Waals surface area contributed by atoms with Crippen molar-refractivity contribution >= 4 is 23.3 Å². The van der Waals surface area contributed by atoms with Crippen molar-refractivity contribution in [1.29, 1.82) is 0 Å². The monoisotopic (exact) mass is 445 g/mol. The molecule has 1 saturated heterocycles. The van der Waals surface area contributed by atoms with Crippen LogP contribution in [0.1, 0.15) is 21.5 Å². The van der Waals surface area contributed by atoms with Gasteiger partial charge in [-0.25, -0.2) is 10.3 Å². The second-order valence-electron chi connectivity index (χ2n) is 8.02. The Bertz CT molecular complexity index is 1080. The van der Waals surface area contributed by atoms with E-state index < -0.39 is 5.91 Å². The van der Waals surface area contributed by atoms with E-state index in [9.17, 15) is 9.59 Å². The second-order valence-corrected chi connectivity index (χ2v) is 8.02. The lowest BCUT2D eigenvalue weighted by molar-refractivity contribution is 0.0706. The van der Waals surface area contributed by atoms with Crippen LogP contribution in [0.4, 0.5) is 16.2 Å². The summed E-state index contributed by atoms with van der Waals surface area (Å²) in [5.41, 5.74) is 5.91. The second kappa shape index (κ2) is 10.1. The van der Waals surface area contributed by atoms with Gasteiger partial charge in [0.25, 0.3) is 5.91 Å². The summed E-state index contributed by atoms with van der Waals surface area (Å²) in [6, 6.07) is 18.7. The number of nitrogens with zero attached hydrogens (tertiary/aromatic N) is 4. The number of carbonyl (C=O) groups is 2. The molecule has 1 aromatic heterocycles. The number of aryl methyl sites for hydroxylation is 1. The van der Waals surface area contributed by atoms with Gasteiger partial charge >= 0.3 is 6.03 Å². The molecule has 0 atom stereocenters. The van der Waals surface area contributed by atoms with Crippen LogP contribution < -0.4 is 15.3 Å². The zero-order valence-corrected chi connectivity index (χ0v) is 18.5. The Kier molecular flexibility index (Phi) is 6.85. The van der Waals surface area contributed by atoms with Gasteiger partial charge in [-0.15, -0.1) is 0 Å². The molecule has 33 heavy (non-hydrogen) atoms. The summed E-state index contributed by atoms with van der Waals surface area (Å²) in [7, 11) is 0. The van der Waals surface area contributed by atoms with E-state index in [4.69, 9.17) is 5.21 Å². The molecule has 0 spiro atoms. The Labute approximate surface area is 193 Å². The molecule has 170 valence electrons. The fourth-order valence-corrected chi connectivity index (χ4v) is 3.88. The van der Waals surface area contributed by atoms with Gasteiger partial charge in [0.1, 0.15) is 0 Å². The zero-order chi connectivity index (χ0) is 23.2. The van der Waals surface area contributed by atoms with Crippen LogP contribution in [0.15, 0.2) is 73.1 Å². The first-order chi connectivity index (χ1) is 16.0. The summed E-state index contributed by atoms with van der Waals surface area (Å²) in [4.78, 5) is 35.2. The van der Waals surface area contributed by atoms with Gasteiger partial charge in [-0.05, 0) is 48.9 Å². The third-order valence-corrected chi connectivity index (χ3v) is 5.81. The average molecular weight is 446 g/mol. The largest absolute Gasteiger partial charge is 0.368 e. The molecule has 8 nitrogen and oxygen atoms in total. The van der Waals surface area contributed by atoms with Gasteiger partial charge in [0, 0.05) is 55.5 Å². The van der Waals surface area contributed by atoms with E-state index >= 15 is 0 Å². The van der Waals surface area contributed by atoms with Crippen molar-refractivity contribution in [2.75, 3.05) is 36.0 Å². The number of amides is 3. The predicted molar refractivity (Wildman–Crippen MR) is 126 cm³/mol. The highest BCUT2D eigenvalue weighted by Gasteiger charge is 2.26. The molecule has 1 fully saturated rings. The standard InChI is InChI=1S/C25H27N5O3/c1-19-2-8-23(9-3-19)30(18-20-4-6-21(7-5-20)24(31)27-33)25(32)29-16-14-28(15-17-29)22-10-12-26-13-11-22/h2-13,33H,14-18H2,1H3,(H,27,31). The minimum Gasteiger partial charge on any atom is -0.368 e. The first kappa shape index (κ1) is 22.3. The van der Waals surface area contributed by atoms with Crippen LogP contribution in [0, 0.1) is 6.92 Å².